The molecular weight excluding hydrogens is 214 g/mol. The lowest BCUT2D eigenvalue weighted by Gasteiger charge is -2.27. The van der Waals surface area contributed by atoms with Gasteiger partial charge in [0.2, 0.25) is 0 Å². The van der Waals surface area contributed by atoms with Gasteiger partial charge in [0.05, 0.1) is 0 Å². The van der Waals surface area contributed by atoms with Gasteiger partial charge < -0.3 is 5.32 Å². The molecular formula is C14H25NS. The Bertz CT molecular complexity index is 277. The molecule has 92 valence electrons. The Labute approximate surface area is 104 Å². The van der Waals surface area contributed by atoms with Crippen molar-refractivity contribution in [2.45, 2.75) is 58.4 Å². The molecule has 1 nitrogen and oxygen atoms in total. The minimum Gasteiger partial charge on any atom is -0.313 e. The Morgan fingerprint density at radius 1 is 1.38 bits per heavy atom. The fourth-order valence-corrected chi connectivity index (χ4v) is 2.80. The van der Waals surface area contributed by atoms with Gasteiger partial charge in [-0.05, 0) is 24.3 Å². The van der Waals surface area contributed by atoms with Crippen LogP contribution in [-0.4, -0.2) is 12.6 Å². The molecule has 0 radical (unpaired) electrons. The zero-order valence-corrected chi connectivity index (χ0v) is 11.9. The number of rotatable bonds is 7. The van der Waals surface area contributed by atoms with Crippen molar-refractivity contribution < 1.29 is 0 Å². The van der Waals surface area contributed by atoms with Gasteiger partial charge in [0, 0.05) is 22.9 Å². The second-order valence-electron chi connectivity index (χ2n) is 5.14. The Morgan fingerprint density at radius 2 is 2.12 bits per heavy atom. The number of thiophene rings is 1. The molecule has 0 fully saturated rings. The fraction of sp³-hybridized carbons (Fsp3) is 0.714. The molecule has 1 aromatic heterocycles. The zero-order chi connectivity index (χ0) is 12.0. The lowest BCUT2D eigenvalue weighted by molar-refractivity contribution is 0.397. The van der Waals surface area contributed by atoms with Crippen molar-refractivity contribution >= 4 is 11.3 Å². The van der Waals surface area contributed by atoms with Crippen molar-refractivity contribution in [3.63, 3.8) is 0 Å². The van der Waals surface area contributed by atoms with Crippen LogP contribution in [0.3, 0.4) is 0 Å². The molecule has 1 rings (SSSR count). The van der Waals surface area contributed by atoms with E-state index in [1.54, 1.807) is 0 Å². The summed E-state index contributed by atoms with van der Waals surface area (Å²) >= 11 is 1.86. The van der Waals surface area contributed by atoms with Crippen LogP contribution in [0.15, 0.2) is 17.5 Å². The van der Waals surface area contributed by atoms with Crippen molar-refractivity contribution in [2.24, 2.45) is 0 Å². The van der Waals surface area contributed by atoms with Crippen LogP contribution >= 0.6 is 11.3 Å². The topological polar surface area (TPSA) is 12.0 Å². The van der Waals surface area contributed by atoms with Gasteiger partial charge in [-0.2, -0.15) is 0 Å². The summed E-state index contributed by atoms with van der Waals surface area (Å²) in [6.07, 6.45) is 3.79. The first kappa shape index (κ1) is 13.7. The fourth-order valence-electron chi connectivity index (χ4n) is 1.95. The highest BCUT2D eigenvalue weighted by atomic mass is 32.1. The molecule has 0 aliphatic carbocycles. The molecule has 16 heavy (non-hydrogen) atoms. The predicted molar refractivity (Wildman–Crippen MR) is 74.3 cm³/mol. The van der Waals surface area contributed by atoms with E-state index in [2.05, 4.69) is 50.5 Å². The monoisotopic (exact) mass is 239 g/mol. The van der Waals surface area contributed by atoms with Crippen molar-refractivity contribution in [1.82, 2.24) is 5.32 Å². The normalized spacial score (nSPS) is 14.0. The lowest BCUT2D eigenvalue weighted by atomic mass is 9.91. The van der Waals surface area contributed by atoms with Gasteiger partial charge in [-0.25, -0.2) is 0 Å². The van der Waals surface area contributed by atoms with Crippen LogP contribution in [0.1, 0.15) is 51.8 Å². The van der Waals surface area contributed by atoms with E-state index in [0.717, 1.165) is 6.54 Å². The van der Waals surface area contributed by atoms with E-state index in [9.17, 15) is 0 Å². The third-order valence-electron chi connectivity index (χ3n) is 3.15. The summed E-state index contributed by atoms with van der Waals surface area (Å²) in [4.78, 5) is 1.48. The van der Waals surface area contributed by atoms with Gasteiger partial charge in [0.1, 0.15) is 0 Å². The highest BCUT2D eigenvalue weighted by Gasteiger charge is 2.22. The van der Waals surface area contributed by atoms with Crippen molar-refractivity contribution in [3.8, 4) is 0 Å². The van der Waals surface area contributed by atoms with Crippen LogP contribution in [0.4, 0.5) is 0 Å². The van der Waals surface area contributed by atoms with Gasteiger partial charge in [-0.1, -0.05) is 40.2 Å². The first-order valence-electron chi connectivity index (χ1n) is 6.37. The molecule has 1 heterocycles. The van der Waals surface area contributed by atoms with Crippen molar-refractivity contribution in [1.29, 1.82) is 0 Å². The molecule has 0 saturated heterocycles. The summed E-state index contributed by atoms with van der Waals surface area (Å²) in [5.41, 5.74) is 0.259. The largest absolute Gasteiger partial charge is 0.313 e. The molecule has 1 aromatic rings. The van der Waals surface area contributed by atoms with Gasteiger partial charge in [0.15, 0.2) is 0 Å². The minimum absolute atomic E-state index is 0.259. The van der Waals surface area contributed by atoms with E-state index in [1.807, 2.05) is 11.3 Å². The van der Waals surface area contributed by atoms with Crippen LogP contribution < -0.4 is 5.32 Å². The summed E-state index contributed by atoms with van der Waals surface area (Å²) < 4.78 is 0. The van der Waals surface area contributed by atoms with Crippen LogP contribution in [0.2, 0.25) is 0 Å². The van der Waals surface area contributed by atoms with Gasteiger partial charge in [-0.3, -0.25) is 0 Å². The Kier molecular flexibility index (Phi) is 5.50. The molecule has 0 aromatic carbocycles. The summed E-state index contributed by atoms with van der Waals surface area (Å²) in [6.45, 7) is 10.3. The summed E-state index contributed by atoms with van der Waals surface area (Å²) in [5, 5.41) is 5.87. The maximum atomic E-state index is 3.71. The molecule has 2 heteroatoms. The summed E-state index contributed by atoms with van der Waals surface area (Å²) in [7, 11) is 0. The molecule has 1 N–H and O–H groups in total. The SMILES string of the molecule is CCCC(CC)NCC(C)(C)c1cccs1. The van der Waals surface area contributed by atoms with Crippen LogP contribution in [0, 0.1) is 0 Å². The Morgan fingerprint density at radius 3 is 2.62 bits per heavy atom. The number of hydrogen-bond donors (Lipinski definition) is 1. The van der Waals surface area contributed by atoms with Crippen molar-refractivity contribution in [2.75, 3.05) is 6.54 Å². The summed E-state index contributed by atoms with van der Waals surface area (Å²) in [5.74, 6) is 0. The van der Waals surface area contributed by atoms with Crippen LogP contribution in [0.25, 0.3) is 0 Å². The van der Waals surface area contributed by atoms with E-state index in [0.29, 0.717) is 6.04 Å². The number of hydrogen-bond acceptors (Lipinski definition) is 2. The molecule has 1 unspecified atom stereocenters. The second-order valence-corrected chi connectivity index (χ2v) is 6.08. The standard InChI is InChI=1S/C14H25NS/c1-5-8-12(6-2)15-11-14(3,4)13-9-7-10-16-13/h7,9-10,12,15H,5-6,8,11H2,1-4H3. The van der Waals surface area contributed by atoms with E-state index < -0.39 is 0 Å². The zero-order valence-electron chi connectivity index (χ0n) is 11.0. The maximum Gasteiger partial charge on any atom is 0.0115 e. The van der Waals surface area contributed by atoms with E-state index >= 15 is 0 Å². The highest BCUT2D eigenvalue weighted by Crippen LogP contribution is 2.26. The Balaban J connectivity index is 2.47. The average molecular weight is 239 g/mol. The minimum atomic E-state index is 0.259. The lowest BCUT2D eigenvalue weighted by Crippen LogP contribution is -2.38. The third-order valence-corrected chi connectivity index (χ3v) is 4.39. The quantitative estimate of drug-likeness (QED) is 0.752. The van der Waals surface area contributed by atoms with E-state index in [1.165, 1.54) is 24.1 Å². The van der Waals surface area contributed by atoms with Crippen molar-refractivity contribution in [3.05, 3.63) is 22.4 Å². The molecule has 0 aliphatic heterocycles. The second kappa shape index (κ2) is 6.41. The first-order valence-corrected chi connectivity index (χ1v) is 7.25. The van der Waals surface area contributed by atoms with E-state index in [-0.39, 0.29) is 5.41 Å². The molecule has 1 atom stereocenters. The molecule has 0 aliphatic rings. The maximum absolute atomic E-state index is 3.71. The van der Waals surface area contributed by atoms with Gasteiger partial charge >= 0.3 is 0 Å². The highest BCUT2D eigenvalue weighted by molar-refractivity contribution is 7.10. The Hall–Kier alpha value is -0.340. The van der Waals surface area contributed by atoms with Gasteiger partial charge in [0.25, 0.3) is 0 Å². The molecule has 0 bridgehead atoms. The number of nitrogens with one attached hydrogen (secondary N) is 1. The molecule has 0 amide bonds. The smallest absolute Gasteiger partial charge is 0.0115 e. The first-order chi connectivity index (χ1) is 7.60. The van der Waals surface area contributed by atoms with E-state index in [4.69, 9.17) is 0 Å². The molecule has 0 saturated carbocycles. The molecule has 0 spiro atoms. The predicted octanol–water partition coefficient (Wildman–Crippen LogP) is 4.19. The van der Waals surface area contributed by atoms with Gasteiger partial charge in [-0.15, -0.1) is 11.3 Å². The third kappa shape index (κ3) is 3.91. The van der Waals surface area contributed by atoms with Crippen LogP contribution in [0.5, 0.6) is 0 Å². The van der Waals surface area contributed by atoms with Crippen LogP contribution in [-0.2, 0) is 5.41 Å². The summed E-state index contributed by atoms with van der Waals surface area (Å²) in [6, 6.07) is 5.07. The average Bonchev–Trinajstić information content (AvgIpc) is 2.78.